The van der Waals surface area contributed by atoms with Crippen molar-refractivity contribution >= 4 is 11.8 Å². The normalized spacial score (nSPS) is 11.1. The van der Waals surface area contributed by atoms with Gasteiger partial charge in [0, 0.05) is 18.4 Å². The lowest BCUT2D eigenvalue weighted by molar-refractivity contribution is -0.122. The van der Waals surface area contributed by atoms with Crippen molar-refractivity contribution in [3.8, 4) is 5.95 Å². The second-order valence-electron chi connectivity index (χ2n) is 8.36. The summed E-state index contributed by atoms with van der Waals surface area (Å²) in [5.41, 5.74) is 0. The molecule has 0 aliphatic rings. The maximum atomic E-state index is 11.9. The maximum Gasteiger partial charge on any atom is 0.374 e. The Hall–Kier alpha value is -1.78. The van der Waals surface area contributed by atoms with Crippen molar-refractivity contribution in [1.82, 2.24) is 0 Å². The molecule has 5 nitrogen and oxygen atoms in total. The summed E-state index contributed by atoms with van der Waals surface area (Å²) in [6.07, 6.45) is 15.9. The summed E-state index contributed by atoms with van der Waals surface area (Å²) in [5, 5.41) is 0. The van der Waals surface area contributed by atoms with Gasteiger partial charge in [0.2, 0.25) is 5.76 Å². The highest BCUT2D eigenvalue weighted by molar-refractivity contribution is 5.87. The molecule has 30 heavy (non-hydrogen) atoms. The van der Waals surface area contributed by atoms with E-state index < -0.39 is 5.97 Å². The van der Waals surface area contributed by atoms with Gasteiger partial charge in [0.05, 0.1) is 13.2 Å². The topological polar surface area (TPSA) is 65.7 Å². The molecule has 1 aromatic rings. The molecule has 0 aliphatic heterocycles. The molecule has 1 aromatic heterocycles. The van der Waals surface area contributed by atoms with E-state index in [0.29, 0.717) is 12.6 Å². The highest BCUT2D eigenvalue weighted by atomic mass is 16.6. The quantitative estimate of drug-likeness (QED) is 0.175. The van der Waals surface area contributed by atoms with E-state index in [1.807, 2.05) is 13.8 Å². The first kappa shape index (κ1) is 26.3. The Morgan fingerprint density at radius 2 is 1.40 bits per heavy atom. The Balaban J connectivity index is 2.00. The smallest absolute Gasteiger partial charge is 0.374 e. The number of furan rings is 1. The molecule has 0 spiro atoms. The fourth-order valence-electron chi connectivity index (χ4n) is 3.23. The Bertz CT molecular complexity index is 576. The van der Waals surface area contributed by atoms with Gasteiger partial charge in [-0.05, 0) is 12.5 Å². The van der Waals surface area contributed by atoms with Crippen molar-refractivity contribution in [3.05, 3.63) is 17.9 Å². The lowest BCUT2D eigenvalue weighted by Crippen LogP contribution is -2.13. The van der Waals surface area contributed by atoms with Crippen molar-refractivity contribution in [1.29, 1.82) is 0 Å². The third kappa shape index (κ3) is 12.7. The van der Waals surface area contributed by atoms with Crippen molar-refractivity contribution in [2.45, 2.75) is 104 Å². The number of Topliss-reactive ketones (excluding diaryl/α,β-unsaturated/α-hetero) is 1. The number of ether oxygens (including phenoxy) is 2. The fraction of sp³-hybridized carbons (Fsp3) is 0.760. The highest BCUT2D eigenvalue weighted by Gasteiger charge is 2.15. The minimum atomic E-state index is -0.563. The van der Waals surface area contributed by atoms with Gasteiger partial charge in [-0.2, -0.15) is 0 Å². The number of hydrogen-bond donors (Lipinski definition) is 0. The van der Waals surface area contributed by atoms with Crippen LogP contribution in [-0.2, 0) is 9.53 Å². The first-order chi connectivity index (χ1) is 14.5. The molecule has 0 unspecified atom stereocenters. The standard InChI is InChI=1S/C25H42O5/c1-4-5-6-7-8-9-10-11-12-13-14-15-19-28-24-17-16-23(30-24)25(27)29-20-18-22(26)21(2)3/h16-17,21H,4-15,18-20H2,1-3H3. The Morgan fingerprint density at radius 3 is 1.97 bits per heavy atom. The number of unbranched alkanes of at least 4 members (excludes halogenated alkanes) is 11. The molecular weight excluding hydrogens is 380 g/mol. The van der Waals surface area contributed by atoms with Crippen molar-refractivity contribution in [2.75, 3.05) is 13.2 Å². The van der Waals surface area contributed by atoms with Crippen molar-refractivity contribution in [2.24, 2.45) is 5.92 Å². The van der Waals surface area contributed by atoms with Crippen molar-refractivity contribution in [3.63, 3.8) is 0 Å². The predicted octanol–water partition coefficient (Wildman–Crippen LogP) is 7.13. The fourth-order valence-corrected chi connectivity index (χ4v) is 3.23. The second kappa shape index (κ2) is 17.0. The number of esters is 1. The van der Waals surface area contributed by atoms with Gasteiger partial charge in [-0.3, -0.25) is 4.79 Å². The Labute approximate surface area is 182 Å². The molecule has 172 valence electrons. The number of hydrogen-bond acceptors (Lipinski definition) is 5. The molecule has 1 heterocycles. The van der Waals surface area contributed by atoms with Crippen LogP contribution < -0.4 is 4.74 Å². The molecule has 1 rings (SSSR count). The third-order valence-corrected chi connectivity index (χ3v) is 5.25. The molecule has 5 heteroatoms. The van der Waals surface area contributed by atoms with Gasteiger partial charge in [0.15, 0.2) is 0 Å². The van der Waals surface area contributed by atoms with Gasteiger partial charge < -0.3 is 13.9 Å². The minimum absolute atomic E-state index is 0.0485. The summed E-state index contributed by atoms with van der Waals surface area (Å²) in [6, 6.07) is 3.18. The van der Waals surface area contributed by atoms with Crippen LogP contribution in [0.2, 0.25) is 0 Å². The largest absolute Gasteiger partial charge is 0.465 e. The average molecular weight is 423 g/mol. The summed E-state index contributed by atoms with van der Waals surface area (Å²) < 4.78 is 16.0. The van der Waals surface area contributed by atoms with Crippen LogP contribution in [0.1, 0.15) is 115 Å². The van der Waals surface area contributed by atoms with E-state index in [0.717, 1.165) is 12.8 Å². The average Bonchev–Trinajstić information content (AvgIpc) is 3.20. The van der Waals surface area contributed by atoms with Crippen LogP contribution >= 0.6 is 0 Å². The number of carbonyl (C=O) groups is 2. The zero-order chi connectivity index (χ0) is 22.0. The molecule has 0 atom stereocenters. The van der Waals surface area contributed by atoms with Crippen LogP contribution in [0.25, 0.3) is 0 Å². The van der Waals surface area contributed by atoms with Crippen LogP contribution in [0.5, 0.6) is 5.95 Å². The van der Waals surface area contributed by atoms with Gasteiger partial charge in [-0.1, -0.05) is 91.4 Å². The SMILES string of the molecule is CCCCCCCCCCCCCCOc1ccc(C(=O)OCCC(=O)C(C)C)o1. The number of ketones is 1. The third-order valence-electron chi connectivity index (χ3n) is 5.25. The van der Waals surface area contributed by atoms with Crippen molar-refractivity contribution < 1.29 is 23.5 Å². The van der Waals surface area contributed by atoms with E-state index in [-0.39, 0.29) is 30.5 Å². The first-order valence-electron chi connectivity index (χ1n) is 12.0. The van der Waals surface area contributed by atoms with Crippen LogP contribution in [0.3, 0.4) is 0 Å². The van der Waals surface area contributed by atoms with Crippen LogP contribution in [-0.4, -0.2) is 25.0 Å². The number of carbonyl (C=O) groups excluding carboxylic acids is 2. The summed E-state index contributed by atoms with van der Waals surface area (Å²) >= 11 is 0. The van der Waals surface area contributed by atoms with E-state index in [1.54, 1.807) is 12.1 Å². The van der Waals surface area contributed by atoms with E-state index in [9.17, 15) is 9.59 Å². The van der Waals surface area contributed by atoms with Crippen LogP contribution in [0, 0.1) is 5.92 Å². The Kier molecular flexibility index (Phi) is 14.8. The molecule has 0 bridgehead atoms. The lowest BCUT2D eigenvalue weighted by atomic mass is 10.1. The Morgan fingerprint density at radius 1 is 0.833 bits per heavy atom. The first-order valence-corrected chi connectivity index (χ1v) is 12.0. The van der Waals surface area contributed by atoms with Crippen LogP contribution in [0.4, 0.5) is 0 Å². The molecule has 0 saturated carbocycles. The van der Waals surface area contributed by atoms with Gasteiger partial charge in [-0.15, -0.1) is 0 Å². The van der Waals surface area contributed by atoms with Gasteiger partial charge in [-0.25, -0.2) is 4.79 Å². The molecule has 0 aliphatic carbocycles. The van der Waals surface area contributed by atoms with Gasteiger partial charge in [0.25, 0.3) is 5.95 Å². The molecule has 0 amide bonds. The van der Waals surface area contributed by atoms with E-state index >= 15 is 0 Å². The monoisotopic (exact) mass is 422 g/mol. The number of rotatable bonds is 19. The van der Waals surface area contributed by atoms with E-state index in [2.05, 4.69) is 6.92 Å². The van der Waals surface area contributed by atoms with Crippen LogP contribution in [0.15, 0.2) is 16.5 Å². The summed E-state index contributed by atoms with van der Waals surface area (Å²) in [6.45, 7) is 6.58. The summed E-state index contributed by atoms with van der Waals surface area (Å²) in [4.78, 5) is 23.4. The second-order valence-corrected chi connectivity index (χ2v) is 8.36. The van der Waals surface area contributed by atoms with Gasteiger partial charge >= 0.3 is 5.97 Å². The van der Waals surface area contributed by atoms with Gasteiger partial charge in [0.1, 0.15) is 5.78 Å². The van der Waals surface area contributed by atoms with E-state index in [4.69, 9.17) is 13.9 Å². The lowest BCUT2D eigenvalue weighted by Gasteiger charge is -2.05. The zero-order valence-electron chi connectivity index (χ0n) is 19.4. The molecular formula is C25H42O5. The maximum absolute atomic E-state index is 11.9. The summed E-state index contributed by atoms with van der Waals surface area (Å²) in [7, 11) is 0. The predicted molar refractivity (Wildman–Crippen MR) is 120 cm³/mol. The highest BCUT2D eigenvalue weighted by Crippen LogP contribution is 2.18. The molecule has 0 saturated heterocycles. The molecule has 0 aromatic carbocycles. The zero-order valence-corrected chi connectivity index (χ0v) is 19.4. The van der Waals surface area contributed by atoms with E-state index in [1.165, 1.54) is 64.2 Å². The molecule has 0 fully saturated rings. The molecule has 0 N–H and O–H groups in total. The molecule has 0 radical (unpaired) electrons. The minimum Gasteiger partial charge on any atom is -0.465 e. The summed E-state index contributed by atoms with van der Waals surface area (Å²) in [5.74, 6) is -0.0898.